The molecule has 0 saturated carbocycles. The molecule has 1 amide bonds. The molecule has 0 aliphatic carbocycles. The van der Waals surface area contributed by atoms with E-state index in [0.717, 1.165) is 29.7 Å². The first-order valence-electron chi connectivity index (χ1n) is 9.17. The van der Waals surface area contributed by atoms with E-state index in [1.165, 1.54) is 7.11 Å². The van der Waals surface area contributed by atoms with Crippen LogP contribution in [0.3, 0.4) is 0 Å². The fourth-order valence-electron chi connectivity index (χ4n) is 3.72. The highest BCUT2D eigenvalue weighted by atomic mass is 35.5. The number of anilines is 1. The Kier molecular flexibility index (Phi) is 5.13. The van der Waals surface area contributed by atoms with Crippen LogP contribution in [0.5, 0.6) is 11.5 Å². The van der Waals surface area contributed by atoms with Gasteiger partial charge < -0.3 is 19.1 Å². The second kappa shape index (κ2) is 7.72. The van der Waals surface area contributed by atoms with E-state index in [2.05, 4.69) is 0 Å². The molecular formula is C21H20ClNO5. The van der Waals surface area contributed by atoms with Gasteiger partial charge >= 0.3 is 5.97 Å². The van der Waals surface area contributed by atoms with Gasteiger partial charge in [-0.2, -0.15) is 0 Å². The van der Waals surface area contributed by atoms with E-state index in [4.69, 9.17) is 25.8 Å². The summed E-state index contributed by atoms with van der Waals surface area (Å²) in [6.07, 6.45) is 1.70. The topological polar surface area (TPSA) is 65.1 Å². The van der Waals surface area contributed by atoms with Crippen LogP contribution in [0.2, 0.25) is 5.02 Å². The Balaban J connectivity index is 1.61. The van der Waals surface area contributed by atoms with Gasteiger partial charge in [0.25, 0.3) is 0 Å². The Hall–Kier alpha value is -2.73. The van der Waals surface area contributed by atoms with Crippen LogP contribution in [-0.2, 0) is 22.4 Å². The van der Waals surface area contributed by atoms with E-state index in [-0.39, 0.29) is 18.3 Å². The maximum atomic E-state index is 13.1. The van der Waals surface area contributed by atoms with Crippen molar-refractivity contribution in [3.63, 3.8) is 0 Å². The number of methoxy groups -OCH3 is 1. The first-order valence-corrected chi connectivity index (χ1v) is 9.55. The molecule has 146 valence electrons. The van der Waals surface area contributed by atoms with E-state index >= 15 is 0 Å². The maximum absolute atomic E-state index is 13.1. The first-order chi connectivity index (χ1) is 13.6. The molecule has 2 aliphatic heterocycles. The average Bonchev–Trinajstić information content (AvgIpc) is 2.72. The minimum atomic E-state index is -0.384. The molecule has 0 aromatic heterocycles. The van der Waals surface area contributed by atoms with Crippen molar-refractivity contribution in [2.24, 2.45) is 0 Å². The number of rotatable bonds is 3. The van der Waals surface area contributed by atoms with Crippen molar-refractivity contribution < 1.29 is 23.8 Å². The number of benzene rings is 2. The van der Waals surface area contributed by atoms with Gasteiger partial charge in [0.15, 0.2) is 11.5 Å². The number of nitrogens with zero attached hydrogens (tertiary/aromatic N) is 1. The van der Waals surface area contributed by atoms with Gasteiger partial charge in [0.1, 0.15) is 13.2 Å². The highest BCUT2D eigenvalue weighted by molar-refractivity contribution is 6.32. The van der Waals surface area contributed by atoms with Crippen LogP contribution in [0.25, 0.3) is 0 Å². The molecule has 2 aromatic rings. The van der Waals surface area contributed by atoms with Gasteiger partial charge in [-0.05, 0) is 48.2 Å². The number of amides is 1. The van der Waals surface area contributed by atoms with E-state index in [1.807, 2.05) is 6.07 Å². The van der Waals surface area contributed by atoms with Crippen molar-refractivity contribution in [2.45, 2.75) is 19.3 Å². The fourth-order valence-corrected chi connectivity index (χ4v) is 4.01. The highest BCUT2D eigenvalue weighted by Crippen LogP contribution is 2.39. The van der Waals surface area contributed by atoms with Crippen molar-refractivity contribution in [2.75, 3.05) is 31.8 Å². The third-order valence-corrected chi connectivity index (χ3v) is 5.25. The molecule has 28 heavy (non-hydrogen) atoms. The molecule has 2 aliphatic rings. The van der Waals surface area contributed by atoms with Crippen molar-refractivity contribution >= 4 is 29.2 Å². The molecule has 0 spiro atoms. The third-order valence-electron chi connectivity index (χ3n) is 4.97. The molecule has 0 bridgehead atoms. The molecule has 4 rings (SSSR count). The van der Waals surface area contributed by atoms with Crippen molar-refractivity contribution in [1.82, 2.24) is 0 Å². The Morgan fingerprint density at radius 3 is 2.86 bits per heavy atom. The predicted octanol–water partition coefficient (Wildman–Crippen LogP) is 3.42. The Labute approximate surface area is 167 Å². The van der Waals surface area contributed by atoms with Gasteiger partial charge in [0.05, 0.1) is 24.1 Å². The number of fused-ring (bicyclic) bond motifs is 2. The summed E-state index contributed by atoms with van der Waals surface area (Å²) in [5.74, 6) is 0.643. The quantitative estimate of drug-likeness (QED) is 0.737. The lowest BCUT2D eigenvalue weighted by Crippen LogP contribution is -2.37. The molecule has 0 atom stereocenters. The molecule has 0 fully saturated rings. The van der Waals surface area contributed by atoms with Crippen molar-refractivity contribution in [1.29, 1.82) is 0 Å². The van der Waals surface area contributed by atoms with Crippen LogP contribution in [0.15, 0.2) is 30.3 Å². The second-order valence-corrected chi connectivity index (χ2v) is 7.13. The van der Waals surface area contributed by atoms with E-state index in [0.29, 0.717) is 41.8 Å². The Morgan fingerprint density at radius 2 is 2.04 bits per heavy atom. The summed E-state index contributed by atoms with van der Waals surface area (Å²) in [4.78, 5) is 26.8. The van der Waals surface area contributed by atoms with E-state index < -0.39 is 0 Å². The molecule has 6 nitrogen and oxygen atoms in total. The number of carbonyl (C=O) groups is 2. The normalized spacial score (nSPS) is 15.0. The SMILES string of the molecule is COC(=O)c1cccc2c1CCCN2C(=O)Cc1cc(Cl)c2c(c1)OCCO2. The number of hydrogen-bond acceptors (Lipinski definition) is 5. The Morgan fingerprint density at radius 1 is 1.21 bits per heavy atom. The number of ether oxygens (including phenoxy) is 3. The van der Waals surface area contributed by atoms with Gasteiger partial charge in [-0.15, -0.1) is 0 Å². The average molecular weight is 402 g/mol. The molecule has 2 heterocycles. The lowest BCUT2D eigenvalue weighted by Gasteiger charge is -2.30. The smallest absolute Gasteiger partial charge is 0.338 e. The van der Waals surface area contributed by atoms with Crippen molar-refractivity contribution in [3.8, 4) is 11.5 Å². The fraction of sp³-hybridized carbons (Fsp3) is 0.333. The summed E-state index contributed by atoms with van der Waals surface area (Å²) in [5, 5.41) is 0.437. The number of halogens is 1. The molecule has 0 saturated heterocycles. The summed E-state index contributed by atoms with van der Waals surface area (Å²) in [6.45, 7) is 1.52. The van der Waals surface area contributed by atoms with E-state index in [9.17, 15) is 9.59 Å². The number of esters is 1. The summed E-state index contributed by atoms with van der Waals surface area (Å²) < 4.78 is 16.0. The standard InChI is InChI=1S/C21H20ClNO5/c1-26-21(25)15-4-2-6-17-14(15)5-3-7-23(17)19(24)12-13-10-16(22)20-18(11-13)27-8-9-28-20/h2,4,6,10-11H,3,5,7-9,12H2,1H3. The van der Waals surface area contributed by atoms with Crippen LogP contribution < -0.4 is 14.4 Å². The predicted molar refractivity (Wildman–Crippen MR) is 105 cm³/mol. The molecule has 0 radical (unpaired) electrons. The van der Waals surface area contributed by atoms with Crippen molar-refractivity contribution in [3.05, 3.63) is 52.0 Å². The summed E-state index contributed by atoms with van der Waals surface area (Å²) >= 11 is 6.29. The van der Waals surface area contributed by atoms with Crippen LogP contribution in [-0.4, -0.2) is 38.7 Å². The zero-order valence-electron chi connectivity index (χ0n) is 15.5. The van der Waals surface area contributed by atoms with Gasteiger partial charge in [-0.1, -0.05) is 17.7 Å². The first kappa shape index (κ1) is 18.6. The Bertz CT molecular complexity index is 943. The molecular weight excluding hydrogens is 382 g/mol. The minimum Gasteiger partial charge on any atom is -0.486 e. The number of carbonyl (C=O) groups excluding carboxylic acids is 2. The van der Waals surface area contributed by atoms with Crippen LogP contribution in [0, 0.1) is 0 Å². The highest BCUT2D eigenvalue weighted by Gasteiger charge is 2.27. The molecule has 0 unspecified atom stereocenters. The van der Waals surface area contributed by atoms with Gasteiger partial charge in [0, 0.05) is 12.2 Å². The molecule has 2 aromatic carbocycles. The monoisotopic (exact) mass is 401 g/mol. The lowest BCUT2D eigenvalue weighted by atomic mass is 9.95. The van der Waals surface area contributed by atoms with Gasteiger partial charge in [0.2, 0.25) is 5.91 Å². The molecule has 0 N–H and O–H groups in total. The van der Waals surface area contributed by atoms with Crippen LogP contribution >= 0.6 is 11.6 Å². The van der Waals surface area contributed by atoms with Crippen LogP contribution in [0.4, 0.5) is 5.69 Å². The second-order valence-electron chi connectivity index (χ2n) is 6.72. The van der Waals surface area contributed by atoms with Gasteiger partial charge in [-0.3, -0.25) is 4.79 Å². The third kappa shape index (κ3) is 3.40. The summed E-state index contributed by atoms with van der Waals surface area (Å²) in [6, 6.07) is 8.92. The number of hydrogen-bond donors (Lipinski definition) is 0. The zero-order chi connectivity index (χ0) is 19.7. The van der Waals surface area contributed by atoms with Crippen LogP contribution in [0.1, 0.15) is 27.9 Å². The summed E-state index contributed by atoms with van der Waals surface area (Å²) in [5.41, 5.74) is 2.90. The van der Waals surface area contributed by atoms with Gasteiger partial charge in [-0.25, -0.2) is 4.79 Å². The van der Waals surface area contributed by atoms with E-state index in [1.54, 1.807) is 29.2 Å². The largest absolute Gasteiger partial charge is 0.486 e. The lowest BCUT2D eigenvalue weighted by molar-refractivity contribution is -0.118. The summed E-state index contributed by atoms with van der Waals surface area (Å²) in [7, 11) is 1.36. The maximum Gasteiger partial charge on any atom is 0.338 e. The zero-order valence-corrected chi connectivity index (χ0v) is 16.3. The molecule has 7 heteroatoms. The minimum absolute atomic E-state index is 0.0595.